The molecule has 1 heterocycles. The van der Waals surface area contributed by atoms with E-state index in [0.29, 0.717) is 0 Å². The Bertz CT molecular complexity index is 250. The van der Waals surface area contributed by atoms with Gasteiger partial charge in [-0.1, -0.05) is 6.07 Å². The summed E-state index contributed by atoms with van der Waals surface area (Å²) in [6.07, 6.45) is 4.37. The van der Waals surface area contributed by atoms with Crippen molar-refractivity contribution >= 4 is 0 Å². The molecule has 0 unspecified atom stereocenters. The standard InChI is InChI=1S/C10H15NO2/c1-13-9-5-3-7-10-6-2-4-8-11(10)12/h2,4,6,8H,3,5,7,9H2,1H3. The van der Waals surface area contributed by atoms with Crippen LogP contribution in [-0.2, 0) is 11.2 Å². The molecule has 0 radical (unpaired) electrons. The minimum absolute atomic E-state index is 0.770. The Hall–Kier alpha value is -1.09. The molecule has 0 aliphatic rings. The van der Waals surface area contributed by atoms with Crippen molar-refractivity contribution in [2.75, 3.05) is 13.7 Å². The fourth-order valence-corrected chi connectivity index (χ4v) is 1.21. The number of pyridine rings is 1. The quantitative estimate of drug-likeness (QED) is 0.390. The molecule has 0 N–H and O–H groups in total. The first kappa shape index (κ1) is 9.99. The summed E-state index contributed by atoms with van der Waals surface area (Å²) in [5.74, 6) is 0. The minimum atomic E-state index is 0.770. The fraction of sp³-hybridized carbons (Fsp3) is 0.500. The van der Waals surface area contributed by atoms with Crippen molar-refractivity contribution in [3.63, 3.8) is 0 Å². The highest BCUT2D eigenvalue weighted by Gasteiger charge is 2.01. The van der Waals surface area contributed by atoms with E-state index in [9.17, 15) is 5.21 Å². The van der Waals surface area contributed by atoms with Crippen LogP contribution in [-0.4, -0.2) is 13.7 Å². The SMILES string of the molecule is COCCCCc1cccc[n+]1[O-]. The smallest absolute Gasteiger partial charge is 0.192 e. The zero-order valence-electron chi connectivity index (χ0n) is 7.90. The summed E-state index contributed by atoms with van der Waals surface area (Å²) in [4.78, 5) is 0. The van der Waals surface area contributed by atoms with Gasteiger partial charge in [0.2, 0.25) is 0 Å². The third kappa shape index (κ3) is 3.42. The van der Waals surface area contributed by atoms with Gasteiger partial charge in [0.05, 0.1) is 0 Å². The number of aryl methyl sites for hydroxylation is 1. The van der Waals surface area contributed by atoms with E-state index in [1.54, 1.807) is 13.2 Å². The van der Waals surface area contributed by atoms with Crippen molar-refractivity contribution in [1.29, 1.82) is 0 Å². The average Bonchev–Trinajstić information content (AvgIpc) is 2.15. The molecule has 72 valence electrons. The molecular weight excluding hydrogens is 166 g/mol. The summed E-state index contributed by atoms with van der Waals surface area (Å²) in [7, 11) is 1.69. The van der Waals surface area contributed by atoms with Crippen LogP contribution < -0.4 is 4.73 Å². The molecular formula is C10H15NO2. The molecule has 0 aliphatic carbocycles. The molecule has 0 saturated carbocycles. The third-order valence-electron chi connectivity index (χ3n) is 1.94. The highest BCUT2D eigenvalue weighted by atomic mass is 16.5. The van der Waals surface area contributed by atoms with Crippen LogP contribution in [0.25, 0.3) is 0 Å². The molecule has 3 heteroatoms. The molecule has 1 aromatic rings. The van der Waals surface area contributed by atoms with Gasteiger partial charge in [0.15, 0.2) is 11.9 Å². The predicted octanol–water partition coefficient (Wildman–Crippen LogP) is 1.29. The van der Waals surface area contributed by atoms with Crippen molar-refractivity contribution in [2.45, 2.75) is 19.3 Å². The van der Waals surface area contributed by atoms with Crippen LogP contribution in [0.1, 0.15) is 18.5 Å². The highest BCUT2D eigenvalue weighted by Crippen LogP contribution is 1.99. The Morgan fingerprint density at radius 1 is 1.38 bits per heavy atom. The maximum absolute atomic E-state index is 11.2. The van der Waals surface area contributed by atoms with E-state index >= 15 is 0 Å². The first-order chi connectivity index (χ1) is 6.34. The van der Waals surface area contributed by atoms with Gasteiger partial charge in [-0.25, -0.2) is 0 Å². The topological polar surface area (TPSA) is 36.2 Å². The number of rotatable bonds is 5. The second-order valence-electron chi connectivity index (χ2n) is 2.97. The Morgan fingerprint density at radius 3 is 2.92 bits per heavy atom. The lowest BCUT2D eigenvalue weighted by Crippen LogP contribution is -2.30. The molecule has 1 aromatic heterocycles. The lowest BCUT2D eigenvalue weighted by atomic mass is 10.2. The van der Waals surface area contributed by atoms with E-state index in [2.05, 4.69) is 0 Å². The Labute approximate surface area is 78.5 Å². The lowest BCUT2D eigenvalue weighted by molar-refractivity contribution is -0.614. The molecule has 0 fully saturated rings. The van der Waals surface area contributed by atoms with Crippen LogP contribution in [0.15, 0.2) is 24.4 Å². The number of unbranched alkanes of at least 4 members (excludes halogenated alkanes) is 1. The predicted molar refractivity (Wildman–Crippen MR) is 50.2 cm³/mol. The maximum Gasteiger partial charge on any atom is 0.192 e. The minimum Gasteiger partial charge on any atom is -0.619 e. The largest absolute Gasteiger partial charge is 0.619 e. The number of methoxy groups -OCH3 is 1. The van der Waals surface area contributed by atoms with Crippen LogP contribution >= 0.6 is 0 Å². The van der Waals surface area contributed by atoms with Crippen LogP contribution in [0.3, 0.4) is 0 Å². The second kappa shape index (κ2) is 5.54. The molecule has 0 atom stereocenters. The van der Waals surface area contributed by atoms with Crippen molar-refractivity contribution in [2.24, 2.45) is 0 Å². The van der Waals surface area contributed by atoms with Crippen molar-refractivity contribution in [3.8, 4) is 0 Å². The zero-order chi connectivity index (χ0) is 9.52. The second-order valence-corrected chi connectivity index (χ2v) is 2.97. The molecule has 0 aliphatic heterocycles. The highest BCUT2D eigenvalue weighted by molar-refractivity contribution is 4.97. The van der Waals surface area contributed by atoms with Crippen LogP contribution in [0.4, 0.5) is 0 Å². The van der Waals surface area contributed by atoms with Crippen LogP contribution in [0.2, 0.25) is 0 Å². The average molecular weight is 181 g/mol. The molecule has 0 saturated heterocycles. The summed E-state index contributed by atoms with van der Waals surface area (Å²) in [6, 6.07) is 5.49. The Kier molecular flexibility index (Phi) is 4.26. The van der Waals surface area contributed by atoms with Gasteiger partial charge >= 0.3 is 0 Å². The van der Waals surface area contributed by atoms with E-state index in [-0.39, 0.29) is 0 Å². The van der Waals surface area contributed by atoms with Crippen molar-refractivity contribution < 1.29 is 9.47 Å². The summed E-state index contributed by atoms with van der Waals surface area (Å²) in [6.45, 7) is 0.770. The van der Waals surface area contributed by atoms with Gasteiger partial charge in [-0.15, -0.1) is 0 Å². The van der Waals surface area contributed by atoms with Gasteiger partial charge in [-0.2, -0.15) is 4.73 Å². The number of aromatic nitrogens is 1. The maximum atomic E-state index is 11.2. The van der Waals surface area contributed by atoms with E-state index in [4.69, 9.17) is 4.74 Å². The summed E-state index contributed by atoms with van der Waals surface area (Å²) >= 11 is 0. The van der Waals surface area contributed by atoms with Gasteiger partial charge in [0.1, 0.15) is 0 Å². The Balaban J connectivity index is 2.32. The molecule has 3 nitrogen and oxygen atoms in total. The number of hydrogen-bond donors (Lipinski definition) is 0. The van der Waals surface area contributed by atoms with Gasteiger partial charge in [-0.3, -0.25) is 0 Å². The molecule has 0 bridgehead atoms. The number of hydrogen-bond acceptors (Lipinski definition) is 2. The molecule has 0 amide bonds. The molecule has 0 spiro atoms. The molecule has 13 heavy (non-hydrogen) atoms. The van der Waals surface area contributed by atoms with Gasteiger partial charge < -0.3 is 9.94 Å². The molecule has 0 aromatic carbocycles. The van der Waals surface area contributed by atoms with Crippen LogP contribution in [0, 0.1) is 5.21 Å². The van der Waals surface area contributed by atoms with E-state index in [1.807, 2.05) is 12.1 Å². The molecule has 1 rings (SSSR count). The van der Waals surface area contributed by atoms with E-state index in [1.165, 1.54) is 6.20 Å². The summed E-state index contributed by atoms with van der Waals surface area (Å²) in [5.41, 5.74) is 0.832. The number of nitrogens with zero attached hydrogens (tertiary/aromatic N) is 1. The summed E-state index contributed by atoms with van der Waals surface area (Å²) < 4.78 is 5.85. The van der Waals surface area contributed by atoms with Crippen molar-refractivity contribution in [3.05, 3.63) is 35.3 Å². The monoisotopic (exact) mass is 181 g/mol. The number of ether oxygens (including phenoxy) is 1. The first-order valence-corrected chi connectivity index (χ1v) is 4.50. The zero-order valence-corrected chi connectivity index (χ0v) is 7.90. The van der Waals surface area contributed by atoms with Gasteiger partial charge in [0.25, 0.3) is 0 Å². The van der Waals surface area contributed by atoms with E-state index in [0.717, 1.165) is 36.3 Å². The van der Waals surface area contributed by atoms with E-state index < -0.39 is 0 Å². The summed E-state index contributed by atoms with van der Waals surface area (Å²) in [5, 5.41) is 11.2. The fourth-order valence-electron chi connectivity index (χ4n) is 1.21. The lowest BCUT2D eigenvalue weighted by Gasteiger charge is -2.02. The Morgan fingerprint density at radius 2 is 2.23 bits per heavy atom. The first-order valence-electron chi connectivity index (χ1n) is 4.50. The van der Waals surface area contributed by atoms with Crippen molar-refractivity contribution in [1.82, 2.24) is 0 Å². The van der Waals surface area contributed by atoms with Crippen LogP contribution in [0.5, 0.6) is 0 Å². The van der Waals surface area contributed by atoms with Gasteiger partial charge in [0, 0.05) is 32.3 Å². The normalized spacial score (nSPS) is 10.2. The third-order valence-corrected chi connectivity index (χ3v) is 1.94. The van der Waals surface area contributed by atoms with Gasteiger partial charge in [-0.05, 0) is 12.8 Å².